The average Bonchev–Trinajstić information content (AvgIpc) is 3.61. The number of fused-ring (bicyclic) bond motifs is 3. The molecule has 0 N–H and O–H groups in total. The Labute approximate surface area is 345 Å². The molecular formula is C55H42N4. The van der Waals surface area contributed by atoms with Gasteiger partial charge in [-0.25, -0.2) is 9.97 Å². The summed E-state index contributed by atoms with van der Waals surface area (Å²) in [6, 6.07) is 71.5. The Kier molecular flexibility index (Phi) is 9.15. The molecule has 0 radical (unpaired) electrons. The first kappa shape index (κ1) is 35.8. The quantitative estimate of drug-likeness (QED) is 0.155. The zero-order valence-corrected chi connectivity index (χ0v) is 33.3. The van der Waals surface area contributed by atoms with Gasteiger partial charge in [-0.1, -0.05) is 145 Å². The molecule has 0 saturated heterocycles. The summed E-state index contributed by atoms with van der Waals surface area (Å²) >= 11 is 0. The largest absolute Gasteiger partial charge is 0.310 e. The predicted octanol–water partition coefficient (Wildman–Crippen LogP) is 14.6. The van der Waals surface area contributed by atoms with Gasteiger partial charge >= 0.3 is 0 Å². The molecule has 0 amide bonds. The van der Waals surface area contributed by atoms with E-state index in [4.69, 9.17) is 9.97 Å². The third-order valence-corrected chi connectivity index (χ3v) is 11.3. The van der Waals surface area contributed by atoms with E-state index in [1.165, 1.54) is 44.1 Å². The summed E-state index contributed by atoms with van der Waals surface area (Å²) in [6.45, 7) is 6.42. The SMILES string of the molecule is Cc1ccc(-c2cc(-c3ccc(-c4ccc(-n5c6ccccc6c6cc(N(c7ccccc7)c7ccccc7)ccc65)cc4C)cc3)nc(-c3ccc(C)cc3)n2)cc1. The zero-order valence-electron chi connectivity index (χ0n) is 33.3. The van der Waals surface area contributed by atoms with Gasteiger partial charge in [0.05, 0.1) is 22.4 Å². The monoisotopic (exact) mass is 758 g/mol. The van der Waals surface area contributed by atoms with E-state index in [-0.39, 0.29) is 0 Å². The molecule has 0 fully saturated rings. The van der Waals surface area contributed by atoms with E-state index in [0.29, 0.717) is 0 Å². The van der Waals surface area contributed by atoms with Crippen LogP contribution in [-0.4, -0.2) is 14.5 Å². The molecular weight excluding hydrogens is 717 g/mol. The number of rotatable bonds is 8. The lowest BCUT2D eigenvalue weighted by atomic mass is 9.98. The summed E-state index contributed by atoms with van der Waals surface area (Å²) in [6.07, 6.45) is 0. The first-order valence-electron chi connectivity index (χ1n) is 20.2. The Morgan fingerprint density at radius 2 is 0.915 bits per heavy atom. The van der Waals surface area contributed by atoms with Crippen LogP contribution in [-0.2, 0) is 0 Å². The molecule has 0 aliphatic rings. The van der Waals surface area contributed by atoms with E-state index in [1.54, 1.807) is 0 Å². The zero-order chi connectivity index (χ0) is 39.9. The molecule has 2 aromatic heterocycles. The van der Waals surface area contributed by atoms with Crippen LogP contribution >= 0.6 is 0 Å². The van der Waals surface area contributed by atoms with Crippen LogP contribution in [0.1, 0.15) is 16.7 Å². The number of para-hydroxylation sites is 3. The van der Waals surface area contributed by atoms with Crippen molar-refractivity contribution >= 4 is 38.9 Å². The lowest BCUT2D eigenvalue weighted by molar-refractivity contribution is 1.17. The summed E-state index contributed by atoms with van der Waals surface area (Å²) in [5.41, 5.74) is 17.8. The van der Waals surface area contributed by atoms with Crippen molar-refractivity contribution in [1.82, 2.24) is 14.5 Å². The minimum Gasteiger partial charge on any atom is -0.310 e. The van der Waals surface area contributed by atoms with Gasteiger partial charge in [-0.3, -0.25) is 0 Å². The van der Waals surface area contributed by atoms with Gasteiger partial charge in [-0.2, -0.15) is 0 Å². The third-order valence-electron chi connectivity index (χ3n) is 11.3. The number of hydrogen-bond acceptors (Lipinski definition) is 3. The fourth-order valence-corrected chi connectivity index (χ4v) is 8.21. The fourth-order valence-electron chi connectivity index (χ4n) is 8.21. The second-order valence-electron chi connectivity index (χ2n) is 15.3. The Morgan fingerprint density at radius 1 is 0.390 bits per heavy atom. The lowest BCUT2D eigenvalue weighted by Crippen LogP contribution is -2.09. The Bertz CT molecular complexity index is 2990. The molecule has 10 aromatic rings. The first-order chi connectivity index (χ1) is 29.0. The van der Waals surface area contributed by atoms with Crippen molar-refractivity contribution in [2.45, 2.75) is 20.8 Å². The molecule has 282 valence electrons. The van der Waals surface area contributed by atoms with Gasteiger partial charge in [0.25, 0.3) is 0 Å². The number of aromatic nitrogens is 3. The highest BCUT2D eigenvalue weighted by Gasteiger charge is 2.18. The van der Waals surface area contributed by atoms with Gasteiger partial charge in [0, 0.05) is 50.2 Å². The molecule has 0 spiro atoms. The van der Waals surface area contributed by atoms with Crippen molar-refractivity contribution in [2.75, 3.05) is 4.90 Å². The van der Waals surface area contributed by atoms with Gasteiger partial charge in [0.2, 0.25) is 0 Å². The summed E-state index contributed by atoms with van der Waals surface area (Å²) in [5, 5.41) is 2.44. The van der Waals surface area contributed by atoms with Crippen LogP contribution in [0.25, 0.3) is 72.5 Å². The first-order valence-corrected chi connectivity index (χ1v) is 20.2. The maximum Gasteiger partial charge on any atom is 0.160 e. The molecule has 59 heavy (non-hydrogen) atoms. The van der Waals surface area contributed by atoms with E-state index in [1.807, 2.05) is 0 Å². The average molecular weight is 759 g/mol. The second-order valence-corrected chi connectivity index (χ2v) is 15.3. The number of hydrogen-bond donors (Lipinski definition) is 0. The van der Waals surface area contributed by atoms with Crippen LogP contribution in [0.2, 0.25) is 0 Å². The number of aryl methyl sites for hydroxylation is 3. The van der Waals surface area contributed by atoms with Gasteiger partial charge in [-0.05, 0) is 104 Å². The topological polar surface area (TPSA) is 34.0 Å². The molecule has 0 atom stereocenters. The Morgan fingerprint density at radius 3 is 1.53 bits per heavy atom. The Hall–Kier alpha value is -7.56. The normalized spacial score (nSPS) is 11.3. The summed E-state index contributed by atoms with van der Waals surface area (Å²) in [5.74, 6) is 0.722. The smallest absolute Gasteiger partial charge is 0.160 e. The van der Waals surface area contributed by atoms with E-state index in [9.17, 15) is 0 Å². The van der Waals surface area contributed by atoms with Crippen molar-refractivity contribution in [2.24, 2.45) is 0 Å². The van der Waals surface area contributed by atoms with Crippen LogP contribution in [0.15, 0.2) is 200 Å². The predicted molar refractivity (Wildman–Crippen MR) is 247 cm³/mol. The van der Waals surface area contributed by atoms with Crippen LogP contribution in [0.5, 0.6) is 0 Å². The third kappa shape index (κ3) is 6.85. The van der Waals surface area contributed by atoms with Crippen LogP contribution in [0.4, 0.5) is 17.1 Å². The van der Waals surface area contributed by atoms with Crippen LogP contribution < -0.4 is 4.90 Å². The molecule has 10 rings (SSSR count). The molecule has 0 saturated carbocycles. The maximum absolute atomic E-state index is 5.09. The van der Waals surface area contributed by atoms with Gasteiger partial charge in [0.15, 0.2) is 5.82 Å². The van der Waals surface area contributed by atoms with Gasteiger partial charge in [-0.15, -0.1) is 0 Å². The highest BCUT2D eigenvalue weighted by molar-refractivity contribution is 6.10. The molecule has 4 nitrogen and oxygen atoms in total. The fraction of sp³-hybridized carbons (Fsp3) is 0.0545. The van der Waals surface area contributed by atoms with Crippen LogP contribution in [0, 0.1) is 20.8 Å². The van der Waals surface area contributed by atoms with Crippen LogP contribution in [0.3, 0.4) is 0 Å². The molecule has 0 bridgehead atoms. The molecule has 0 aliphatic heterocycles. The van der Waals surface area contributed by atoms with Crippen molar-refractivity contribution in [3.8, 4) is 50.7 Å². The number of benzene rings is 8. The molecule has 8 aromatic carbocycles. The Balaban J connectivity index is 1.01. The second kappa shape index (κ2) is 15.1. The van der Waals surface area contributed by atoms with E-state index < -0.39 is 0 Å². The minimum atomic E-state index is 0.722. The van der Waals surface area contributed by atoms with Crippen molar-refractivity contribution in [3.05, 3.63) is 217 Å². The molecule has 2 heterocycles. The summed E-state index contributed by atoms with van der Waals surface area (Å²) < 4.78 is 2.40. The number of nitrogens with zero attached hydrogens (tertiary/aromatic N) is 4. The highest BCUT2D eigenvalue weighted by Crippen LogP contribution is 2.40. The van der Waals surface area contributed by atoms with Crippen molar-refractivity contribution in [1.29, 1.82) is 0 Å². The molecule has 0 aliphatic carbocycles. The van der Waals surface area contributed by atoms with E-state index in [0.717, 1.165) is 62.2 Å². The summed E-state index contributed by atoms with van der Waals surface area (Å²) in [4.78, 5) is 12.4. The highest BCUT2D eigenvalue weighted by atomic mass is 15.1. The molecule has 0 unspecified atom stereocenters. The van der Waals surface area contributed by atoms with Crippen molar-refractivity contribution < 1.29 is 0 Å². The van der Waals surface area contributed by atoms with Crippen molar-refractivity contribution in [3.63, 3.8) is 0 Å². The summed E-state index contributed by atoms with van der Waals surface area (Å²) in [7, 11) is 0. The minimum absolute atomic E-state index is 0.722. The van der Waals surface area contributed by atoms with Gasteiger partial charge in [0.1, 0.15) is 0 Å². The maximum atomic E-state index is 5.09. The van der Waals surface area contributed by atoms with E-state index in [2.05, 4.69) is 230 Å². The lowest BCUT2D eigenvalue weighted by Gasteiger charge is -2.25. The number of anilines is 3. The standard InChI is InChI=1S/C55H42N4/c1-37-18-22-41(23-19-37)51-36-52(57-55(56-51)43-24-20-38(2)21-25-43)42-28-26-40(27-29-42)48-32-30-46(34-39(48)3)59-53-17-11-10-16-49(53)50-35-47(31-33-54(50)59)58(44-12-6-4-7-13-44)45-14-8-5-9-15-45/h4-36H,1-3H3. The van der Waals surface area contributed by atoms with E-state index >= 15 is 0 Å². The van der Waals surface area contributed by atoms with Gasteiger partial charge < -0.3 is 9.47 Å². The molecule has 4 heteroatoms.